The summed E-state index contributed by atoms with van der Waals surface area (Å²) >= 11 is 0. The number of hydrogen-bond donors (Lipinski definition) is 1. The van der Waals surface area contributed by atoms with E-state index in [1.165, 1.54) is 44.9 Å². The fraction of sp³-hybridized carbons (Fsp3) is 1.00. The third-order valence-electron chi connectivity index (χ3n) is 3.97. The van der Waals surface area contributed by atoms with Crippen LogP contribution in [0.25, 0.3) is 0 Å². The van der Waals surface area contributed by atoms with Gasteiger partial charge in [-0.1, -0.05) is 19.3 Å². The van der Waals surface area contributed by atoms with Gasteiger partial charge in [0.15, 0.2) is 0 Å². The summed E-state index contributed by atoms with van der Waals surface area (Å²) in [6, 6.07) is 0. The standard InChI is InChI=1S/C12H23NO/c13-8-10-4-3-5-11(10)9-14-12-6-1-2-7-12/h10-12H,1-9,13H2. The molecular formula is C12H23NO. The third-order valence-corrected chi connectivity index (χ3v) is 3.97. The molecule has 2 aliphatic carbocycles. The molecule has 0 saturated heterocycles. The van der Waals surface area contributed by atoms with Crippen molar-refractivity contribution in [3.63, 3.8) is 0 Å². The van der Waals surface area contributed by atoms with Crippen molar-refractivity contribution in [2.75, 3.05) is 13.2 Å². The van der Waals surface area contributed by atoms with Crippen molar-refractivity contribution in [1.82, 2.24) is 0 Å². The van der Waals surface area contributed by atoms with Gasteiger partial charge in [0.1, 0.15) is 0 Å². The van der Waals surface area contributed by atoms with Crippen LogP contribution >= 0.6 is 0 Å². The minimum absolute atomic E-state index is 0.578. The molecule has 0 amide bonds. The molecule has 0 spiro atoms. The van der Waals surface area contributed by atoms with Crippen LogP contribution in [0.1, 0.15) is 44.9 Å². The van der Waals surface area contributed by atoms with Gasteiger partial charge in [0, 0.05) is 0 Å². The van der Waals surface area contributed by atoms with E-state index < -0.39 is 0 Å². The van der Waals surface area contributed by atoms with Gasteiger partial charge < -0.3 is 10.5 Å². The molecule has 82 valence electrons. The summed E-state index contributed by atoms with van der Waals surface area (Å²) in [5, 5.41) is 0. The predicted octanol–water partition coefficient (Wildman–Crippen LogP) is 2.32. The minimum Gasteiger partial charge on any atom is -0.378 e. The Morgan fingerprint density at radius 2 is 1.64 bits per heavy atom. The lowest BCUT2D eigenvalue weighted by Crippen LogP contribution is -2.24. The molecule has 2 atom stereocenters. The number of rotatable bonds is 4. The van der Waals surface area contributed by atoms with Gasteiger partial charge in [-0.05, 0) is 44.1 Å². The van der Waals surface area contributed by atoms with Gasteiger partial charge in [-0.3, -0.25) is 0 Å². The zero-order chi connectivity index (χ0) is 9.80. The quantitative estimate of drug-likeness (QED) is 0.750. The Bertz CT molecular complexity index is 166. The lowest BCUT2D eigenvalue weighted by atomic mass is 9.97. The molecule has 0 bridgehead atoms. The molecule has 0 aromatic carbocycles. The average Bonchev–Trinajstić information content (AvgIpc) is 2.85. The Kier molecular flexibility index (Phi) is 3.82. The van der Waals surface area contributed by atoms with Crippen LogP contribution in [0.15, 0.2) is 0 Å². The zero-order valence-electron chi connectivity index (χ0n) is 9.08. The number of nitrogens with two attached hydrogens (primary N) is 1. The van der Waals surface area contributed by atoms with Gasteiger partial charge in [-0.15, -0.1) is 0 Å². The van der Waals surface area contributed by atoms with Crippen LogP contribution in [0.5, 0.6) is 0 Å². The van der Waals surface area contributed by atoms with E-state index in [4.69, 9.17) is 10.5 Å². The zero-order valence-corrected chi connectivity index (χ0v) is 9.08. The lowest BCUT2D eigenvalue weighted by molar-refractivity contribution is 0.0256. The Morgan fingerprint density at radius 3 is 2.36 bits per heavy atom. The van der Waals surface area contributed by atoms with Gasteiger partial charge in [-0.25, -0.2) is 0 Å². The molecule has 2 aliphatic rings. The molecule has 0 aromatic heterocycles. The van der Waals surface area contributed by atoms with Crippen LogP contribution in [-0.2, 0) is 4.74 Å². The summed E-state index contributed by atoms with van der Waals surface area (Å²) < 4.78 is 5.96. The maximum Gasteiger partial charge on any atom is 0.0575 e. The topological polar surface area (TPSA) is 35.2 Å². The molecule has 2 unspecified atom stereocenters. The summed E-state index contributed by atoms with van der Waals surface area (Å²) in [5.41, 5.74) is 5.75. The highest BCUT2D eigenvalue weighted by atomic mass is 16.5. The molecule has 2 rings (SSSR count). The summed E-state index contributed by atoms with van der Waals surface area (Å²) in [6.45, 7) is 1.84. The van der Waals surface area contributed by atoms with Gasteiger partial charge in [0.25, 0.3) is 0 Å². The molecule has 2 N–H and O–H groups in total. The van der Waals surface area contributed by atoms with E-state index in [1.54, 1.807) is 0 Å². The smallest absolute Gasteiger partial charge is 0.0575 e. The van der Waals surface area contributed by atoms with Crippen molar-refractivity contribution in [2.45, 2.75) is 51.0 Å². The third kappa shape index (κ3) is 2.48. The number of ether oxygens (including phenoxy) is 1. The van der Waals surface area contributed by atoms with Crippen molar-refractivity contribution in [3.05, 3.63) is 0 Å². The maximum atomic E-state index is 5.96. The first-order chi connectivity index (χ1) is 6.90. The molecule has 2 nitrogen and oxygen atoms in total. The second kappa shape index (κ2) is 5.13. The summed E-state index contributed by atoms with van der Waals surface area (Å²) in [5.74, 6) is 1.51. The minimum atomic E-state index is 0.578. The van der Waals surface area contributed by atoms with Crippen LogP contribution in [0.3, 0.4) is 0 Å². The highest BCUT2D eigenvalue weighted by Gasteiger charge is 2.27. The van der Waals surface area contributed by atoms with E-state index in [9.17, 15) is 0 Å². The van der Waals surface area contributed by atoms with E-state index in [1.807, 2.05) is 0 Å². The van der Waals surface area contributed by atoms with Crippen LogP contribution < -0.4 is 5.73 Å². The molecule has 2 saturated carbocycles. The van der Waals surface area contributed by atoms with E-state index >= 15 is 0 Å². The molecule has 14 heavy (non-hydrogen) atoms. The Labute approximate surface area is 87.2 Å². The van der Waals surface area contributed by atoms with Gasteiger partial charge in [0.2, 0.25) is 0 Å². The molecular weight excluding hydrogens is 174 g/mol. The molecule has 2 heteroatoms. The molecule has 0 heterocycles. The predicted molar refractivity (Wildman–Crippen MR) is 58.1 cm³/mol. The van der Waals surface area contributed by atoms with Gasteiger partial charge >= 0.3 is 0 Å². The van der Waals surface area contributed by atoms with E-state index in [0.717, 1.165) is 25.0 Å². The van der Waals surface area contributed by atoms with Crippen LogP contribution in [0.2, 0.25) is 0 Å². The normalized spacial score (nSPS) is 34.1. The second-order valence-corrected chi connectivity index (χ2v) is 4.93. The Morgan fingerprint density at radius 1 is 0.929 bits per heavy atom. The highest BCUT2D eigenvalue weighted by Crippen LogP contribution is 2.32. The maximum absolute atomic E-state index is 5.96. The first-order valence-corrected chi connectivity index (χ1v) is 6.22. The molecule has 2 fully saturated rings. The van der Waals surface area contributed by atoms with Crippen molar-refractivity contribution in [3.8, 4) is 0 Å². The highest BCUT2D eigenvalue weighted by molar-refractivity contribution is 4.78. The monoisotopic (exact) mass is 197 g/mol. The molecule has 0 radical (unpaired) electrons. The Hall–Kier alpha value is -0.0800. The fourth-order valence-corrected chi connectivity index (χ4v) is 2.96. The summed E-state index contributed by atoms with van der Waals surface area (Å²) in [4.78, 5) is 0. The average molecular weight is 197 g/mol. The van der Waals surface area contributed by atoms with Crippen molar-refractivity contribution < 1.29 is 4.74 Å². The Balaban J connectivity index is 1.68. The van der Waals surface area contributed by atoms with E-state index in [0.29, 0.717) is 6.10 Å². The first kappa shape index (κ1) is 10.4. The van der Waals surface area contributed by atoms with Crippen LogP contribution in [-0.4, -0.2) is 19.3 Å². The molecule has 0 aromatic rings. The van der Waals surface area contributed by atoms with E-state index in [-0.39, 0.29) is 0 Å². The van der Waals surface area contributed by atoms with Crippen LogP contribution in [0, 0.1) is 11.8 Å². The van der Waals surface area contributed by atoms with Crippen molar-refractivity contribution in [2.24, 2.45) is 17.6 Å². The molecule has 0 aliphatic heterocycles. The number of hydrogen-bond acceptors (Lipinski definition) is 2. The van der Waals surface area contributed by atoms with Gasteiger partial charge in [0.05, 0.1) is 12.7 Å². The largest absolute Gasteiger partial charge is 0.378 e. The summed E-state index contributed by atoms with van der Waals surface area (Å²) in [7, 11) is 0. The van der Waals surface area contributed by atoms with Crippen LogP contribution in [0.4, 0.5) is 0 Å². The lowest BCUT2D eigenvalue weighted by Gasteiger charge is -2.20. The second-order valence-electron chi connectivity index (χ2n) is 4.93. The summed E-state index contributed by atoms with van der Waals surface area (Å²) in [6.07, 6.45) is 9.93. The van der Waals surface area contributed by atoms with Crippen molar-refractivity contribution in [1.29, 1.82) is 0 Å². The van der Waals surface area contributed by atoms with Crippen molar-refractivity contribution >= 4 is 0 Å². The fourth-order valence-electron chi connectivity index (χ4n) is 2.96. The van der Waals surface area contributed by atoms with Gasteiger partial charge in [-0.2, -0.15) is 0 Å². The SMILES string of the molecule is NCC1CCCC1COC1CCCC1. The first-order valence-electron chi connectivity index (χ1n) is 6.22. The van der Waals surface area contributed by atoms with E-state index in [2.05, 4.69) is 0 Å².